The molecule has 138 valence electrons. The van der Waals surface area contributed by atoms with Gasteiger partial charge in [0.05, 0.1) is 11.4 Å². The topological polar surface area (TPSA) is 71.0 Å². The smallest absolute Gasteiger partial charge is 0.229 e. The second-order valence-electron chi connectivity index (χ2n) is 6.69. The molecule has 7 heteroatoms. The second-order valence-corrected chi connectivity index (χ2v) is 7.55. The summed E-state index contributed by atoms with van der Waals surface area (Å²) in [5.74, 6) is 0.945. The van der Waals surface area contributed by atoms with E-state index in [4.69, 9.17) is 0 Å². The fourth-order valence-electron chi connectivity index (χ4n) is 3.25. The zero-order valence-corrected chi connectivity index (χ0v) is 15.9. The fourth-order valence-corrected chi connectivity index (χ4v) is 3.94. The quantitative estimate of drug-likeness (QED) is 0.747. The Balaban J connectivity index is 1.34. The van der Waals surface area contributed by atoms with Crippen molar-refractivity contribution in [2.45, 2.75) is 19.8 Å². The van der Waals surface area contributed by atoms with Crippen LogP contribution in [0.1, 0.15) is 18.5 Å². The number of nitrogens with one attached hydrogen (secondary N) is 1. The summed E-state index contributed by atoms with van der Waals surface area (Å²) in [6.07, 6.45) is 1.61. The molecule has 0 aliphatic carbocycles. The molecule has 0 spiro atoms. The Morgan fingerprint density at radius 1 is 1.11 bits per heavy atom. The van der Waals surface area contributed by atoms with Gasteiger partial charge in [-0.1, -0.05) is 30.3 Å². The van der Waals surface area contributed by atoms with Crippen molar-refractivity contribution in [3.05, 3.63) is 53.5 Å². The molecular weight excluding hydrogens is 358 g/mol. The lowest BCUT2D eigenvalue weighted by Crippen LogP contribution is -2.38. The van der Waals surface area contributed by atoms with Crippen molar-refractivity contribution in [3.63, 3.8) is 0 Å². The summed E-state index contributed by atoms with van der Waals surface area (Å²) in [6.45, 7) is 3.53. The molecule has 0 bridgehead atoms. The largest absolute Gasteiger partial charge is 0.355 e. The number of hydrogen-bond donors (Lipinski definition) is 1. The molecule has 1 aliphatic rings. The van der Waals surface area contributed by atoms with Crippen molar-refractivity contribution in [1.29, 1.82) is 0 Å². The van der Waals surface area contributed by atoms with Crippen LogP contribution in [0.3, 0.4) is 0 Å². The number of carbonyl (C=O) groups is 1. The van der Waals surface area contributed by atoms with E-state index in [1.54, 1.807) is 0 Å². The van der Waals surface area contributed by atoms with Crippen molar-refractivity contribution < 1.29 is 4.79 Å². The summed E-state index contributed by atoms with van der Waals surface area (Å²) in [4.78, 5) is 18.9. The van der Waals surface area contributed by atoms with Crippen LogP contribution in [0, 0.1) is 12.8 Å². The van der Waals surface area contributed by atoms with E-state index in [-0.39, 0.29) is 11.8 Å². The number of carbonyl (C=O) groups excluding carboxylic acids is 1. The number of anilines is 2. The van der Waals surface area contributed by atoms with Crippen molar-refractivity contribution in [1.82, 2.24) is 15.2 Å². The number of nitrogens with zero attached hydrogens (tertiary/aromatic N) is 4. The summed E-state index contributed by atoms with van der Waals surface area (Å²) < 4.78 is 0. The maximum Gasteiger partial charge on any atom is 0.229 e. The monoisotopic (exact) mass is 379 g/mol. The highest BCUT2D eigenvalue weighted by Gasteiger charge is 2.26. The number of amides is 1. The third-order valence-electron chi connectivity index (χ3n) is 4.76. The van der Waals surface area contributed by atoms with Crippen LogP contribution in [0.15, 0.2) is 47.8 Å². The van der Waals surface area contributed by atoms with Gasteiger partial charge in [-0.05, 0) is 31.9 Å². The van der Waals surface area contributed by atoms with Crippen LogP contribution in [0.25, 0.3) is 11.3 Å². The van der Waals surface area contributed by atoms with Gasteiger partial charge < -0.3 is 10.2 Å². The van der Waals surface area contributed by atoms with E-state index in [2.05, 4.69) is 25.4 Å². The molecule has 1 amide bonds. The van der Waals surface area contributed by atoms with Gasteiger partial charge in [0.1, 0.15) is 0 Å². The first-order valence-corrected chi connectivity index (χ1v) is 9.94. The molecule has 27 heavy (non-hydrogen) atoms. The highest BCUT2D eigenvalue weighted by Crippen LogP contribution is 2.25. The van der Waals surface area contributed by atoms with Crippen LogP contribution >= 0.6 is 11.3 Å². The van der Waals surface area contributed by atoms with Gasteiger partial charge in [0.15, 0.2) is 10.9 Å². The van der Waals surface area contributed by atoms with Gasteiger partial charge >= 0.3 is 0 Å². The van der Waals surface area contributed by atoms with E-state index in [1.807, 2.05) is 54.8 Å². The number of aromatic nitrogens is 3. The Hall–Kier alpha value is -2.80. The van der Waals surface area contributed by atoms with Gasteiger partial charge in [-0.2, -0.15) is 0 Å². The lowest BCUT2D eigenvalue weighted by atomic mass is 9.96. The zero-order valence-electron chi connectivity index (χ0n) is 15.1. The molecule has 6 nitrogen and oxygen atoms in total. The molecule has 3 heterocycles. The Kier molecular flexibility index (Phi) is 5.11. The molecule has 1 saturated heterocycles. The van der Waals surface area contributed by atoms with Crippen LogP contribution in [0.4, 0.5) is 10.9 Å². The van der Waals surface area contributed by atoms with Gasteiger partial charge in [0, 0.05) is 30.0 Å². The number of piperidine rings is 1. The van der Waals surface area contributed by atoms with E-state index in [1.165, 1.54) is 11.3 Å². The normalized spacial score (nSPS) is 14.9. The molecule has 2 aromatic heterocycles. The van der Waals surface area contributed by atoms with Crippen LogP contribution in [0.5, 0.6) is 0 Å². The second kappa shape index (κ2) is 7.84. The van der Waals surface area contributed by atoms with Crippen LogP contribution in [0.2, 0.25) is 0 Å². The number of benzene rings is 1. The predicted molar refractivity (Wildman–Crippen MR) is 108 cm³/mol. The fraction of sp³-hybridized carbons (Fsp3) is 0.300. The molecule has 1 aromatic carbocycles. The lowest BCUT2D eigenvalue weighted by molar-refractivity contribution is -0.120. The molecule has 0 radical (unpaired) electrons. The average molecular weight is 379 g/mol. The Labute approximate surface area is 162 Å². The van der Waals surface area contributed by atoms with Gasteiger partial charge in [-0.25, -0.2) is 4.98 Å². The highest BCUT2D eigenvalue weighted by molar-refractivity contribution is 7.13. The SMILES string of the molecule is Cc1csc(NC(=O)C2CCN(c3ccc(-c4ccccc4)nn3)CC2)n1. The maximum atomic E-state index is 12.4. The van der Waals surface area contributed by atoms with Crippen LogP contribution in [-0.4, -0.2) is 34.2 Å². The minimum atomic E-state index is 0.0157. The molecule has 3 aromatic rings. The average Bonchev–Trinajstić information content (AvgIpc) is 3.13. The zero-order chi connectivity index (χ0) is 18.6. The number of thiazole rings is 1. The minimum Gasteiger partial charge on any atom is -0.355 e. The van der Waals surface area contributed by atoms with E-state index in [9.17, 15) is 4.79 Å². The third kappa shape index (κ3) is 4.14. The summed E-state index contributed by atoms with van der Waals surface area (Å²) in [6, 6.07) is 14.0. The van der Waals surface area contributed by atoms with E-state index < -0.39 is 0 Å². The van der Waals surface area contributed by atoms with Gasteiger partial charge in [-0.15, -0.1) is 21.5 Å². The molecule has 4 rings (SSSR count). The van der Waals surface area contributed by atoms with E-state index in [0.29, 0.717) is 5.13 Å². The van der Waals surface area contributed by atoms with Crippen LogP contribution in [-0.2, 0) is 4.79 Å². The van der Waals surface area contributed by atoms with Gasteiger partial charge in [-0.3, -0.25) is 4.79 Å². The van der Waals surface area contributed by atoms with Crippen molar-refractivity contribution >= 4 is 28.2 Å². The first-order chi connectivity index (χ1) is 13.2. The third-order valence-corrected chi connectivity index (χ3v) is 5.63. The Morgan fingerprint density at radius 2 is 1.89 bits per heavy atom. The van der Waals surface area contributed by atoms with Crippen LogP contribution < -0.4 is 10.2 Å². The van der Waals surface area contributed by atoms with Crippen molar-refractivity contribution in [3.8, 4) is 11.3 Å². The molecule has 1 fully saturated rings. The van der Waals surface area contributed by atoms with Crippen molar-refractivity contribution in [2.24, 2.45) is 5.92 Å². The first-order valence-electron chi connectivity index (χ1n) is 9.06. The van der Waals surface area contributed by atoms with Gasteiger partial charge in [0.2, 0.25) is 5.91 Å². The molecule has 0 unspecified atom stereocenters. The molecule has 1 N–H and O–H groups in total. The predicted octanol–water partition coefficient (Wildman–Crippen LogP) is 3.76. The molecule has 0 atom stereocenters. The first kappa shape index (κ1) is 17.6. The Morgan fingerprint density at radius 3 is 2.52 bits per heavy atom. The van der Waals surface area contributed by atoms with Gasteiger partial charge in [0.25, 0.3) is 0 Å². The number of hydrogen-bond acceptors (Lipinski definition) is 6. The number of aryl methyl sites for hydroxylation is 1. The summed E-state index contributed by atoms with van der Waals surface area (Å²) in [7, 11) is 0. The molecular formula is C20H21N5OS. The minimum absolute atomic E-state index is 0.0157. The molecule has 0 saturated carbocycles. The van der Waals surface area contributed by atoms with E-state index in [0.717, 1.165) is 48.7 Å². The summed E-state index contributed by atoms with van der Waals surface area (Å²) in [5.41, 5.74) is 2.86. The summed E-state index contributed by atoms with van der Waals surface area (Å²) >= 11 is 1.47. The molecule has 1 aliphatic heterocycles. The Bertz CT molecular complexity index is 902. The highest BCUT2D eigenvalue weighted by atomic mass is 32.1. The van der Waals surface area contributed by atoms with Crippen molar-refractivity contribution in [2.75, 3.05) is 23.3 Å². The number of rotatable bonds is 4. The summed E-state index contributed by atoms with van der Waals surface area (Å²) in [5, 5.41) is 14.3. The lowest BCUT2D eigenvalue weighted by Gasteiger charge is -2.31. The van der Waals surface area contributed by atoms with E-state index >= 15 is 0 Å². The standard InChI is InChI=1S/C20H21N5OS/c1-14-13-27-20(21-14)22-19(26)16-9-11-25(12-10-16)18-8-7-17(23-24-18)15-5-3-2-4-6-15/h2-8,13,16H,9-12H2,1H3,(H,21,22,26). The maximum absolute atomic E-state index is 12.4.